The molecular formula is C18H20N2O. The third-order valence-electron chi connectivity index (χ3n) is 3.55. The Hall–Kier alpha value is -2.31. The summed E-state index contributed by atoms with van der Waals surface area (Å²) in [6, 6.07) is 8.03. The molecule has 0 radical (unpaired) electrons. The minimum atomic E-state index is -0.193. The molecule has 1 atom stereocenters. The summed E-state index contributed by atoms with van der Waals surface area (Å²) in [6.45, 7) is 3.96. The molecule has 3 nitrogen and oxygen atoms in total. The van der Waals surface area contributed by atoms with Crippen molar-refractivity contribution in [3.05, 3.63) is 53.6 Å². The molecule has 1 aliphatic heterocycles. The van der Waals surface area contributed by atoms with Crippen molar-refractivity contribution in [2.24, 2.45) is 0 Å². The van der Waals surface area contributed by atoms with Crippen LogP contribution in [-0.4, -0.2) is 19.0 Å². The first-order valence-electron chi connectivity index (χ1n) is 7.15. The number of amides is 1. The quantitative estimate of drug-likeness (QED) is 0.506. The van der Waals surface area contributed by atoms with Gasteiger partial charge in [-0.3, -0.25) is 4.79 Å². The monoisotopic (exact) mass is 280 g/mol. The number of benzene rings is 1. The number of hydrogen-bond acceptors (Lipinski definition) is 2. The number of nitrogens with one attached hydrogen (secondary N) is 2. The molecule has 0 aromatic heterocycles. The van der Waals surface area contributed by atoms with Crippen LogP contribution in [0.25, 0.3) is 0 Å². The third kappa shape index (κ3) is 4.08. The van der Waals surface area contributed by atoms with Crippen molar-refractivity contribution in [2.75, 3.05) is 18.4 Å². The van der Waals surface area contributed by atoms with Crippen molar-refractivity contribution in [3.8, 4) is 12.3 Å². The van der Waals surface area contributed by atoms with Crippen molar-refractivity contribution in [1.29, 1.82) is 0 Å². The fourth-order valence-electron chi connectivity index (χ4n) is 2.44. The summed E-state index contributed by atoms with van der Waals surface area (Å²) >= 11 is 0. The molecule has 0 bridgehead atoms. The summed E-state index contributed by atoms with van der Waals surface area (Å²) in [5, 5.41) is 6.22. The van der Waals surface area contributed by atoms with Crippen LogP contribution in [-0.2, 0) is 4.79 Å². The highest BCUT2D eigenvalue weighted by Gasteiger charge is 2.16. The first-order valence-corrected chi connectivity index (χ1v) is 7.15. The number of terminal acetylenes is 1. The smallest absolute Gasteiger partial charge is 0.256 e. The molecule has 0 saturated carbocycles. The van der Waals surface area contributed by atoms with Crippen LogP contribution >= 0.6 is 0 Å². The van der Waals surface area contributed by atoms with Crippen molar-refractivity contribution < 1.29 is 4.79 Å². The first-order chi connectivity index (χ1) is 10.2. The van der Waals surface area contributed by atoms with Gasteiger partial charge in [-0.15, -0.1) is 6.42 Å². The molecule has 21 heavy (non-hydrogen) atoms. The van der Waals surface area contributed by atoms with Gasteiger partial charge in [-0.1, -0.05) is 30.2 Å². The lowest BCUT2D eigenvalue weighted by atomic mass is 9.98. The standard InChI is InChI=1S/C18H20N2O/c1-3-5-15(6-4-2)18(21)20-17-9-7-14(8-10-17)16-11-12-19-13-16/h1,4-10,16,19H,11-13H2,2H3,(H,20,21)/b6-4-,15-5+. The molecule has 1 heterocycles. The van der Waals surface area contributed by atoms with Gasteiger partial charge in [0.05, 0.1) is 0 Å². The second kappa shape index (κ2) is 7.47. The summed E-state index contributed by atoms with van der Waals surface area (Å²) in [5.41, 5.74) is 2.57. The number of allylic oxidation sites excluding steroid dienone is 2. The van der Waals surface area contributed by atoms with Gasteiger partial charge in [0.2, 0.25) is 0 Å². The minimum absolute atomic E-state index is 0.193. The Morgan fingerprint density at radius 1 is 1.43 bits per heavy atom. The molecule has 1 fully saturated rings. The van der Waals surface area contributed by atoms with Gasteiger partial charge in [0.1, 0.15) is 0 Å². The lowest BCUT2D eigenvalue weighted by Gasteiger charge is -2.10. The number of hydrogen-bond donors (Lipinski definition) is 2. The molecule has 3 heteroatoms. The SMILES string of the molecule is C#C/C=C(\C=C/C)C(=O)Nc1ccc(C2CCNC2)cc1. The zero-order valence-electron chi connectivity index (χ0n) is 12.2. The van der Waals surface area contributed by atoms with Gasteiger partial charge in [0.15, 0.2) is 0 Å². The molecule has 2 N–H and O–H groups in total. The van der Waals surface area contributed by atoms with E-state index in [0.29, 0.717) is 11.5 Å². The summed E-state index contributed by atoms with van der Waals surface area (Å²) in [4.78, 5) is 12.1. The Bertz CT molecular complexity index is 585. The average molecular weight is 280 g/mol. The minimum Gasteiger partial charge on any atom is -0.322 e. The number of anilines is 1. The Labute approximate surface area is 126 Å². The fraction of sp³-hybridized carbons (Fsp3) is 0.278. The maximum Gasteiger partial charge on any atom is 0.256 e. The van der Waals surface area contributed by atoms with E-state index in [4.69, 9.17) is 6.42 Å². The van der Waals surface area contributed by atoms with Crippen LogP contribution in [0.1, 0.15) is 24.8 Å². The van der Waals surface area contributed by atoms with Gasteiger partial charge in [0.25, 0.3) is 5.91 Å². The zero-order chi connectivity index (χ0) is 15.1. The van der Waals surface area contributed by atoms with Crippen LogP contribution in [0.3, 0.4) is 0 Å². The normalized spacial score (nSPS) is 18.7. The van der Waals surface area contributed by atoms with E-state index in [-0.39, 0.29) is 5.91 Å². The third-order valence-corrected chi connectivity index (χ3v) is 3.55. The van der Waals surface area contributed by atoms with Crippen LogP contribution in [0.15, 0.2) is 48.1 Å². The highest BCUT2D eigenvalue weighted by molar-refractivity contribution is 6.06. The van der Waals surface area contributed by atoms with Gasteiger partial charge in [-0.05, 0) is 43.5 Å². The van der Waals surface area contributed by atoms with E-state index in [1.807, 2.05) is 19.1 Å². The average Bonchev–Trinajstić information content (AvgIpc) is 3.02. The van der Waals surface area contributed by atoms with Crippen molar-refractivity contribution in [1.82, 2.24) is 5.32 Å². The molecule has 1 amide bonds. The Balaban J connectivity index is 2.04. The molecule has 1 saturated heterocycles. The van der Waals surface area contributed by atoms with E-state index >= 15 is 0 Å². The van der Waals surface area contributed by atoms with Gasteiger partial charge in [-0.25, -0.2) is 0 Å². The predicted molar refractivity (Wildman–Crippen MR) is 87.0 cm³/mol. The highest BCUT2D eigenvalue weighted by atomic mass is 16.1. The number of carbonyl (C=O) groups excluding carboxylic acids is 1. The Morgan fingerprint density at radius 3 is 2.76 bits per heavy atom. The van der Waals surface area contributed by atoms with Gasteiger partial charge in [0, 0.05) is 23.9 Å². The van der Waals surface area contributed by atoms with E-state index in [9.17, 15) is 4.79 Å². The second-order valence-corrected chi connectivity index (χ2v) is 5.03. The van der Waals surface area contributed by atoms with Crippen LogP contribution in [0.2, 0.25) is 0 Å². The molecular weight excluding hydrogens is 260 g/mol. The predicted octanol–water partition coefficient (Wildman–Crippen LogP) is 2.84. The van der Waals surface area contributed by atoms with Crippen LogP contribution < -0.4 is 10.6 Å². The summed E-state index contributed by atoms with van der Waals surface area (Å²) in [6.07, 6.45) is 11.4. The van der Waals surface area contributed by atoms with Crippen molar-refractivity contribution in [2.45, 2.75) is 19.3 Å². The molecule has 1 aromatic rings. The summed E-state index contributed by atoms with van der Waals surface area (Å²) in [5.74, 6) is 2.77. The van der Waals surface area contributed by atoms with E-state index in [1.54, 1.807) is 12.2 Å². The fourth-order valence-corrected chi connectivity index (χ4v) is 2.44. The van der Waals surface area contributed by atoms with Crippen molar-refractivity contribution >= 4 is 11.6 Å². The second-order valence-electron chi connectivity index (χ2n) is 5.03. The van der Waals surface area contributed by atoms with E-state index < -0.39 is 0 Å². The molecule has 0 aliphatic carbocycles. The molecule has 108 valence electrons. The maximum absolute atomic E-state index is 12.1. The largest absolute Gasteiger partial charge is 0.322 e. The zero-order valence-corrected chi connectivity index (χ0v) is 12.2. The van der Waals surface area contributed by atoms with Crippen LogP contribution in [0.4, 0.5) is 5.69 Å². The highest BCUT2D eigenvalue weighted by Crippen LogP contribution is 2.23. The summed E-state index contributed by atoms with van der Waals surface area (Å²) < 4.78 is 0. The number of carbonyl (C=O) groups is 1. The lowest BCUT2D eigenvalue weighted by Crippen LogP contribution is -2.13. The van der Waals surface area contributed by atoms with Crippen molar-refractivity contribution in [3.63, 3.8) is 0 Å². The lowest BCUT2D eigenvalue weighted by molar-refractivity contribution is -0.112. The molecule has 2 rings (SSSR count). The molecule has 1 aromatic carbocycles. The Morgan fingerprint density at radius 2 is 2.19 bits per heavy atom. The van der Waals surface area contributed by atoms with E-state index in [0.717, 1.165) is 18.8 Å². The number of rotatable bonds is 4. The van der Waals surface area contributed by atoms with Crippen LogP contribution in [0.5, 0.6) is 0 Å². The first kappa shape index (κ1) is 15.1. The van der Waals surface area contributed by atoms with Gasteiger partial charge in [-0.2, -0.15) is 0 Å². The Kier molecular flexibility index (Phi) is 5.36. The molecule has 1 aliphatic rings. The topological polar surface area (TPSA) is 41.1 Å². The molecule has 1 unspecified atom stereocenters. The van der Waals surface area contributed by atoms with E-state index in [2.05, 4.69) is 28.7 Å². The van der Waals surface area contributed by atoms with Gasteiger partial charge >= 0.3 is 0 Å². The summed E-state index contributed by atoms with van der Waals surface area (Å²) in [7, 11) is 0. The molecule has 0 spiro atoms. The maximum atomic E-state index is 12.1. The van der Waals surface area contributed by atoms with Gasteiger partial charge < -0.3 is 10.6 Å². The van der Waals surface area contributed by atoms with E-state index in [1.165, 1.54) is 18.1 Å². The van der Waals surface area contributed by atoms with Crippen LogP contribution in [0, 0.1) is 12.3 Å².